The van der Waals surface area contributed by atoms with Crippen LogP contribution < -0.4 is 4.90 Å². The molecule has 4 aromatic rings. The first-order valence-electron chi connectivity index (χ1n) is 14.2. The van der Waals surface area contributed by atoms with Gasteiger partial charge in [0.25, 0.3) is 0 Å². The smallest absolute Gasteiger partial charge is 0.244 e. The first-order valence-corrected chi connectivity index (χ1v) is 15.6. The molecule has 1 atom stereocenters. The van der Waals surface area contributed by atoms with E-state index in [4.69, 9.17) is 0 Å². The fraction of sp³-hybridized carbons (Fsp3) is 0.303. The minimum atomic E-state index is -3.83. The summed E-state index contributed by atoms with van der Waals surface area (Å²) < 4.78 is 29.5. The Bertz CT molecular complexity index is 1660. The maximum Gasteiger partial charge on any atom is 0.244 e. The molecule has 0 spiro atoms. The van der Waals surface area contributed by atoms with Crippen molar-refractivity contribution in [3.8, 4) is 0 Å². The zero-order valence-electron chi connectivity index (χ0n) is 23.6. The van der Waals surface area contributed by atoms with Crippen LogP contribution in [0.5, 0.6) is 0 Å². The summed E-state index contributed by atoms with van der Waals surface area (Å²) in [5, 5.41) is 1.57. The Morgan fingerprint density at radius 3 is 2.32 bits per heavy atom. The van der Waals surface area contributed by atoms with Crippen LogP contribution in [0.1, 0.15) is 16.7 Å². The van der Waals surface area contributed by atoms with Gasteiger partial charge < -0.3 is 9.80 Å². The van der Waals surface area contributed by atoms with Gasteiger partial charge in [0.15, 0.2) is 0 Å². The lowest BCUT2D eigenvalue weighted by Crippen LogP contribution is -2.54. The number of aryl methyl sites for hydroxylation is 2. The minimum Gasteiger partial charge on any atom is -0.368 e. The van der Waals surface area contributed by atoms with E-state index in [1.165, 1.54) is 21.1 Å². The third-order valence-corrected chi connectivity index (χ3v) is 10.2. The summed E-state index contributed by atoms with van der Waals surface area (Å²) in [5.74, 6) is -0.00262. The van der Waals surface area contributed by atoms with Crippen molar-refractivity contribution in [1.29, 1.82) is 0 Å². The van der Waals surface area contributed by atoms with Gasteiger partial charge in [0.2, 0.25) is 15.9 Å². The van der Waals surface area contributed by atoms with Crippen molar-refractivity contribution in [2.45, 2.75) is 31.3 Å². The average Bonchev–Trinajstić information content (AvgIpc) is 3.43. The molecule has 2 saturated heterocycles. The second-order valence-electron chi connectivity index (χ2n) is 11.1. The maximum atomic E-state index is 14.0. The van der Waals surface area contributed by atoms with Crippen LogP contribution in [0.3, 0.4) is 0 Å². The molecule has 0 aliphatic carbocycles. The first-order chi connectivity index (χ1) is 19.8. The van der Waals surface area contributed by atoms with Crippen molar-refractivity contribution in [2.24, 2.45) is 0 Å². The van der Waals surface area contributed by atoms with Crippen LogP contribution in [-0.2, 0) is 21.4 Å². The SMILES string of the molecule is Cc1ccc(C)c(N2CCN(C(=O)[C@@H]3CN(S(=O)(=O)c4cccc5ccccc45)CN3Cc3ccccc3)CC2)c1. The van der Waals surface area contributed by atoms with E-state index in [0.29, 0.717) is 25.0 Å². The van der Waals surface area contributed by atoms with Gasteiger partial charge in [0.1, 0.15) is 6.04 Å². The Labute approximate surface area is 242 Å². The lowest BCUT2D eigenvalue weighted by atomic mass is 10.1. The summed E-state index contributed by atoms with van der Waals surface area (Å²) in [5.41, 5.74) is 4.72. The molecule has 7 nitrogen and oxygen atoms in total. The second kappa shape index (κ2) is 11.3. The van der Waals surface area contributed by atoms with Gasteiger partial charge >= 0.3 is 0 Å². The van der Waals surface area contributed by atoms with Gasteiger partial charge in [0, 0.05) is 50.3 Å². The number of amides is 1. The van der Waals surface area contributed by atoms with Gasteiger partial charge in [-0.05, 0) is 48.1 Å². The molecule has 1 amide bonds. The third kappa shape index (κ3) is 5.47. The average molecular weight is 569 g/mol. The number of fused-ring (bicyclic) bond motifs is 1. The van der Waals surface area contributed by atoms with Gasteiger partial charge in [-0.25, -0.2) is 8.42 Å². The topological polar surface area (TPSA) is 64.2 Å². The lowest BCUT2D eigenvalue weighted by Gasteiger charge is -2.38. The highest BCUT2D eigenvalue weighted by molar-refractivity contribution is 7.89. The van der Waals surface area contributed by atoms with Crippen molar-refractivity contribution < 1.29 is 13.2 Å². The van der Waals surface area contributed by atoms with Gasteiger partial charge in [-0.15, -0.1) is 0 Å². The van der Waals surface area contributed by atoms with Crippen LogP contribution in [0.2, 0.25) is 0 Å². The lowest BCUT2D eigenvalue weighted by molar-refractivity contribution is -0.136. The van der Waals surface area contributed by atoms with Crippen LogP contribution in [0, 0.1) is 13.8 Å². The molecule has 2 aliphatic heterocycles. The molecule has 0 N–H and O–H groups in total. The number of piperazine rings is 1. The van der Waals surface area contributed by atoms with E-state index < -0.39 is 16.1 Å². The van der Waals surface area contributed by atoms with Crippen molar-refractivity contribution in [3.63, 3.8) is 0 Å². The monoisotopic (exact) mass is 568 g/mol. The number of carbonyl (C=O) groups excluding carboxylic acids is 1. The third-order valence-electron chi connectivity index (χ3n) is 8.33. The molecule has 8 heteroatoms. The number of carbonyl (C=O) groups is 1. The van der Waals surface area contributed by atoms with E-state index >= 15 is 0 Å². The Balaban J connectivity index is 1.24. The Morgan fingerprint density at radius 2 is 1.54 bits per heavy atom. The highest BCUT2D eigenvalue weighted by atomic mass is 32.2. The van der Waals surface area contributed by atoms with E-state index in [9.17, 15) is 13.2 Å². The van der Waals surface area contributed by atoms with Crippen molar-refractivity contribution in [1.82, 2.24) is 14.1 Å². The Hall–Kier alpha value is -3.72. The second-order valence-corrected chi connectivity index (χ2v) is 13.0. The van der Waals surface area contributed by atoms with Crippen LogP contribution in [-0.4, -0.2) is 73.9 Å². The van der Waals surface area contributed by atoms with Gasteiger partial charge in [-0.3, -0.25) is 9.69 Å². The van der Waals surface area contributed by atoms with Gasteiger partial charge in [0.05, 0.1) is 11.6 Å². The molecule has 0 unspecified atom stereocenters. The van der Waals surface area contributed by atoms with Crippen molar-refractivity contribution in [3.05, 3.63) is 108 Å². The van der Waals surface area contributed by atoms with E-state index in [1.807, 2.05) is 70.5 Å². The summed E-state index contributed by atoms with van der Waals surface area (Å²) >= 11 is 0. The molecule has 6 rings (SSSR count). The molecule has 4 aromatic carbocycles. The van der Waals surface area contributed by atoms with Crippen LogP contribution >= 0.6 is 0 Å². The quantitative estimate of drug-likeness (QED) is 0.339. The van der Waals surface area contributed by atoms with Crippen molar-refractivity contribution >= 4 is 32.4 Å². The standard InChI is InChI=1S/C33H36N4O3S/c1-25-15-16-26(2)30(21-25)34-17-19-35(20-18-34)33(38)31-23-37(24-36(31)22-27-9-4-3-5-10-27)41(39,40)32-14-8-12-28-11-6-7-13-29(28)32/h3-16,21,31H,17-20,22-24H2,1-2H3/t31-/m0/s1. The van der Waals surface area contributed by atoms with E-state index in [2.05, 4.69) is 36.9 Å². The zero-order chi connectivity index (χ0) is 28.6. The molecule has 2 aliphatic rings. The Kier molecular flexibility index (Phi) is 7.55. The number of nitrogens with zero attached hydrogens (tertiary/aromatic N) is 4. The van der Waals surface area contributed by atoms with Crippen LogP contribution in [0.15, 0.2) is 95.9 Å². The summed E-state index contributed by atoms with van der Waals surface area (Å²) in [7, 11) is -3.83. The molecular formula is C33H36N4O3S. The van der Waals surface area contributed by atoms with Gasteiger partial charge in [-0.2, -0.15) is 4.31 Å². The molecule has 212 valence electrons. The zero-order valence-corrected chi connectivity index (χ0v) is 24.4. The molecule has 0 bridgehead atoms. The minimum absolute atomic E-state index is 0.00262. The summed E-state index contributed by atoms with van der Waals surface area (Å²) in [6.07, 6.45) is 0. The molecule has 2 fully saturated rings. The number of hydrogen-bond donors (Lipinski definition) is 0. The normalized spacial score (nSPS) is 18.7. The molecule has 0 radical (unpaired) electrons. The molecule has 0 saturated carbocycles. The van der Waals surface area contributed by atoms with Crippen LogP contribution in [0.4, 0.5) is 5.69 Å². The molecule has 41 heavy (non-hydrogen) atoms. The number of benzene rings is 4. The van der Waals surface area contributed by atoms with Crippen LogP contribution in [0.25, 0.3) is 10.8 Å². The fourth-order valence-corrected chi connectivity index (χ4v) is 7.68. The summed E-state index contributed by atoms with van der Waals surface area (Å²) in [6.45, 7) is 7.74. The largest absolute Gasteiger partial charge is 0.368 e. The number of sulfonamides is 1. The first kappa shape index (κ1) is 27.4. The predicted octanol–water partition coefficient (Wildman–Crippen LogP) is 4.64. The highest BCUT2D eigenvalue weighted by Gasteiger charge is 2.43. The van der Waals surface area contributed by atoms with Crippen molar-refractivity contribution in [2.75, 3.05) is 44.3 Å². The fourth-order valence-electron chi connectivity index (χ4n) is 6.05. The number of rotatable bonds is 6. The van der Waals surface area contributed by atoms with Gasteiger partial charge in [-0.1, -0.05) is 78.9 Å². The molecule has 2 heterocycles. The van der Waals surface area contributed by atoms with E-state index in [1.54, 1.807) is 12.1 Å². The summed E-state index contributed by atoms with van der Waals surface area (Å²) in [4.78, 5) is 20.6. The highest BCUT2D eigenvalue weighted by Crippen LogP contribution is 2.30. The maximum absolute atomic E-state index is 14.0. The summed E-state index contributed by atoms with van der Waals surface area (Å²) in [6, 6.07) is 28.8. The molecular weight excluding hydrogens is 532 g/mol. The molecule has 0 aromatic heterocycles. The predicted molar refractivity (Wildman–Crippen MR) is 163 cm³/mol. The van der Waals surface area contributed by atoms with E-state index in [0.717, 1.165) is 24.0 Å². The number of hydrogen-bond acceptors (Lipinski definition) is 5. The Morgan fingerprint density at radius 1 is 0.829 bits per heavy atom. The number of anilines is 1. The van der Waals surface area contributed by atoms with E-state index in [-0.39, 0.29) is 24.0 Å².